The lowest BCUT2D eigenvalue weighted by Crippen LogP contribution is -2.35. The van der Waals surface area contributed by atoms with Gasteiger partial charge in [-0.2, -0.15) is 0 Å². The Morgan fingerprint density at radius 3 is 2.60 bits per heavy atom. The first-order chi connectivity index (χ1) is 7.10. The molecule has 15 heavy (non-hydrogen) atoms. The minimum Gasteiger partial charge on any atom is -0.390 e. The highest BCUT2D eigenvalue weighted by atomic mass is 19.1. The van der Waals surface area contributed by atoms with Gasteiger partial charge in [-0.15, -0.1) is 0 Å². The third kappa shape index (κ3) is 2.71. The largest absolute Gasteiger partial charge is 0.390 e. The Kier molecular flexibility index (Phi) is 4.14. The molecule has 1 aromatic rings. The van der Waals surface area contributed by atoms with E-state index in [0.29, 0.717) is 0 Å². The summed E-state index contributed by atoms with van der Waals surface area (Å²) in [5.41, 5.74) is 5.48. The first-order valence-corrected chi connectivity index (χ1v) is 4.60. The zero-order valence-corrected chi connectivity index (χ0v) is 8.37. The van der Waals surface area contributed by atoms with E-state index in [1.165, 1.54) is 6.07 Å². The minimum atomic E-state index is -0.907. The van der Waals surface area contributed by atoms with Crippen molar-refractivity contribution in [3.05, 3.63) is 35.4 Å². The van der Waals surface area contributed by atoms with Crippen LogP contribution in [-0.4, -0.2) is 24.8 Å². The summed E-state index contributed by atoms with van der Waals surface area (Å²) in [6.45, 7) is 0.00230. The second kappa shape index (κ2) is 5.16. The zero-order valence-electron chi connectivity index (χ0n) is 8.37. The minimum absolute atomic E-state index is 0.00230. The summed E-state index contributed by atoms with van der Waals surface area (Å²) in [5, 5.41) is 12.3. The van der Waals surface area contributed by atoms with Crippen molar-refractivity contribution >= 4 is 0 Å². The van der Waals surface area contributed by atoms with Crippen LogP contribution in [0.5, 0.6) is 0 Å². The molecular formula is C10H14F2N2O. The predicted octanol–water partition coefficient (Wildman–Crippen LogP) is 0.545. The number of halogens is 2. The van der Waals surface area contributed by atoms with Crippen LogP contribution < -0.4 is 11.1 Å². The Hall–Kier alpha value is -1.04. The van der Waals surface area contributed by atoms with Gasteiger partial charge in [0, 0.05) is 18.2 Å². The fourth-order valence-electron chi connectivity index (χ4n) is 1.44. The van der Waals surface area contributed by atoms with E-state index in [9.17, 15) is 13.9 Å². The molecule has 0 fully saturated rings. The third-order valence-electron chi connectivity index (χ3n) is 2.23. The molecule has 84 valence electrons. The fraction of sp³-hybridized carbons (Fsp3) is 0.400. The van der Waals surface area contributed by atoms with Crippen molar-refractivity contribution in [2.45, 2.75) is 12.1 Å². The molecule has 3 nitrogen and oxygen atoms in total. The number of nitrogens with one attached hydrogen (secondary N) is 1. The number of aliphatic hydroxyl groups is 1. The number of aliphatic hydroxyl groups excluding tert-OH is 1. The summed E-state index contributed by atoms with van der Waals surface area (Å²) in [6, 6.07) is 2.59. The molecule has 0 heterocycles. The van der Waals surface area contributed by atoms with E-state index < -0.39 is 23.8 Å². The lowest BCUT2D eigenvalue weighted by atomic mass is 10.0. The van der Waals surface area contributed by atoms with Gasteiger partial charge in [-0.05, 0) is 13.1 Å². The van der Waals surface area contributed by atoms with Crippen molar-refractivity contribution < 1.29 is 13.9 Å². The topological polar surface area (TPSA) is 58.3 Å². The van der Waals surface area contributed by atoms with Gasteiger partial charge < -0.3 is 16.2 Å². The van der Waals surface area contributed by atoms with E-state index in [1.807, 2.05) is 0 Å². The Labute approximate surface area is 86.9 Å². The monoisotopic (exact) mass is 216 g/mol. The fourth-order valence-corrected chi connectivity index (χ4v) is 1.44. The van der Waals surface area contributed by atoms with E-state index >= 15 is 0 Å². The highest BCUT2D eigenvalue weighted by molar-refractivity contribution is 5.23. The average Bonchev–Trinajstić information content (AvgIpc) is 2.21. The molecule has 0 aromatic heterocycles. The Bertz CT molecular complexity index is 333. The number of hydrogen-bond donors (Lipinski definition) is 3. The first-order valence-electron chi connectivity index (χ1n) is 4.60. The molecule has 2 unspecified atom stereocenters. The molecule has 2 atom stereocenters. The van der Waals surface area contributed by atoms with Crippen LogP contribution in [0.4, 0.5) is 8.78 Å². The number of benzene rings is 1. The van der Waals surface area contributed by atoms with Crippen LogP contribution in [-0.2, 0) is 0 Å². The van der Waals surface area contributed by atoms with E-state index in [4.69, 9.17) is 5.73 Å². The lowest BCUT2D eigenvalue weighted by molar-refractivity contribution is 0.137. The second-order valence-corrected chi connectivity index (χ2v) is 3.24. The standard InChI is InChI=1S/C10H14F2N2O/c1-14-10(9(15)5-13)7-3-2-6(11)4-8(7)12/h2-4,9-10,14-15H,5,13H2,1H3. The molecule has 1 rings (SSSR count). The van der Waals surface area contributed by atoms with Crippen LogP contribution in [0.25, 0.3) is 0 Å². The molecule has 0 aliphatic rings. The molecule has 1 aromatic carbocycles. The van der Waals surface area contributed by atoms with E-state index in [1.54, 1.807) is 7.05 Å². The predicted molar refractivity (Wildman–Crippen MR) is 53.2 cm³/mol. The Morgan fingerprint density at radius 1 is 1.47 bits per heavy atom. The Morgan fingerprint density at radius 2 is 2.13 bits per heavy atom. The number of rotatable bonds is 4. The third-order valence-corrected chi connectivity index (χ3v) is 2.23. The molecule has 0 saturated heterocycles. The summed E-state index contributed by atoms with van der Waals surface area (Å²) in [6.07, 6.45) is -0.907. The normalized spacial score (nSPS) is 15.0. The quantitative estimate of drug-likeness (QED) is 0.688. The van der Waals surface area contributed by atoms with Gasteiger partial charge in [0.05, 0.1) is 12.1 Å². The molecule has 0 aliphatic carbocycles. The van der Waals surface area contributed by atoms with Crippen molar-refractivity contribution in [3.8, 4) is 0 Å². The van der Waals surface area contributed by atoms with Gasteiger partial charge in [0.15, 0.2) is 0 Å². The van der Waals surface area contributed by atoms with Crippen LogP contribution in [0.3, 0.4) is 0 Å². The highest BCUT2D eigenvalue weighted by Crippen LogP contribution is 2.20. The molecule has 0 saturated carbocycles. The van der Waals surface area contributed by atoms with Crippen LogP contribution >= 0.6 is 0 Å². The van der Waals surface area contributed by atoms with Gasteiger partial charge in [0.1, 0.15) is 11.6 Å². The number of hydrogen-bond acceptors (Lipinski definition) is 3. The van der Waals surface area contributed by atoms with Gasteiger partial charge >= 0.3 is 0 Å². The molecular weight excluding hydrogens is 202 g/mol. The van der Waals surface area contributed by atoms with Gasteiger partial charge in [0.2, 0.25) is 0 Å². The molecule has 0 amide bonds. The van der Waals surface area contributed by atoms with Gasteiger partial charge in [-0.25, -0.2) is 8.78 Å². The average molecular weight is 216 g/mol. The van der Waals surface area contributed by atoms with Gasteiger partial charge in [-0.1, -0.05) is 6.07 Å². The molecule has 5 heteroatoms. The van der Waals surface area contributed by atoms with Crippen molar-refractivity contribution in [2.75, 3.05) is 13.6 Å². The Balaban J connectivity index is 3.01. The second-order valence-electron chi connectivity index (χ2n) is 3.24. The van der Waals surface area contributed by atoms with Crippen LogP contribution in [0.15, 0.2) is 18.2 Å². The van der Waals surface area contributed by atoms with E-state index in [-0.39, 0.29) is 12.1 Å². The lowest BCUT2D eigenvalue weighted by Gasteiger charge is -2.22. The molecule has 0 aliphatic heterocycles. The summed E-state index contributed by atoms with van der Waals surface area (Å²) in [5.74, 6) is -1.34. The van der Waals surface area contributed by atoms with Crippen molar-refractivity contribution in [3.63, 3.8) is 0 Å². The van der Waals surface area contributed by atoms with Crippen LogP contribution in [0, 0.1) is 11.6 Å². The zero-order chi connectivity index (χ0) is 11.4. The number of nitrogens with two attached hydrogens (primary N) is 1. The molecule has 4 N–H and O–H groups in total. The van der Waals surface area contributed by atoms with Crippen LogP contribution in [0.2, 0.25) is 0 Å². The molecule has 0 radical (unpaired) electrons. The first kappa shape index (κ1) is 12.0. The summed E-state index contributed by atoms with van der Waals surface area (Å²) in [4.78, 5) is 0. The maximum absolute atomic E-state index is 13.4. The van der Waals surface area contributed by atoms with Crippen molar-refractivity contribution in [2.24, 2.45) is 5.73 Å². The SMILES string of the molecule is CNC(c1ccc(F)cc1F)C(O)CN. The van der Waals surface area contributed by atoms with Crippen molar-refractivity contribution in [1.29, 1.82) is 0 Å². The highest BCUT2D eigenvalue weighted by Gasteiger charge is 2.21. The molecule has 0 spiro atoms. The van der Waals surface area contributed by atoms with E-state index in [2.05, 4.69) is 5.32 Å². The summed E-state index contributed by atoms with van der Waals surface area (Å²) < 4.78 is 26.0. The van der Waals surface area contributed by atoms with Gasteiger partial charge in [0.25, 0.3) is 0 Å². The van der Waals surface area contributed by atoms with Crippen molar-refractivity contribution in [1.82, 2.24) is 5.32 Å². The summed E-state index contributed by atoms with van der Waals surface area (Å²) >= 11 is 0. The maximum Gasteiger partial charge on any atom is 0.130 e. The summed E-state index contributed by atoms with van der Waals surface area (Å²) in [7, 11) is 1.58. The van der Waals surface area contributed by atoms with Gasteiger partial charge in [-0.3, -0.25) is 0 Å². The van der Waals surface area contributed by atoms with Crippen LogP contribution in [0.1, 0.15) is 11.6 Å². The smallest absolute Gasteiger partial charge is 0.130 e. The van der Waals surface area contributed by atoms with E-state index in [0.717, 1.165) is 12.1 Å². The molecule has 0 bridgehead atoms. The maximum atomic E-state index is 13.4. The number of likely N-dealkylation sites (N-methyl/N-ethyl adjacent to an activating group) is 1.